The van der Waals surface area contributed by atoms with Crippen molar-refractivity contribution >= 4 is 21.8 Å². The molecule has 1 aromatic heterocycles. The van der Waals surface area contributed by atoms with E-state index in [1.54, 1.807) is 4.57 Å². The van der Waals surface area contributed by atoms with Crippen molar-refractivity contribution in [3.8, 4) is 5.75 Å². The van der Waals surface area contributed by atoms with Gasteiger partial charge in [0.2, 0.25) is 0 Å². The Morgan fingerprint density at radius 1 is 1.06 bits per heavy atom. The number of phenolic OH excluding ortho intramolecular Hbond substituents is 1. The predicted octanol–water partition coefficient (Wildman–Crippen LogP) is 2.76. The monoisotopic (exact) mass is 227 g/mol. The third-order valence-corrected chi connectivity index (χ3v) is 3.25. The largest absolute Gasteiger partial charge is 0.507 e. The van der Waals surface area contributed by atoms with E-state index in [9.17, 15) is 10.2 Å². The molecule has 0 radical (unpaired) electrons. The minimum atomic E-state index is -0.0908. The number of aliphatic hydroxyl groups is 1. The number of aromatic nitrogens is 1. The van der Waals surface area contributed by atoms with Crippen LogP contribution in [0.1, 0.15) is 5.56 Å². The van der Waals surface area contributed by atoms with Crippen LogP contribution in [0.3, 0.4) is 0 Å². The molecule has 2 N–H and O–H groups in total. The van der Waals surface area contributed by atoms with Crippen LogP contribution < -0.4 is 0 Å². The number of rotatable bonds is 1. The second-order valence-electron chi connectivity index (χ2n) is 4.21. The fourth-order valence-electron chi connectivity index (χ4n) is 2.38. The maximum Gasteiger partial charge on any atom is 0.128 e. The average Bonchev–Trinajstić information content (AvgIpc) is 2.68. The van der Waals surface area contributed by atoms with Crippen LogP contribution >= 0.6 is 0 Å². The summed E-state index contributed by atoms with van der Waals surface area (Å²) in [4.78, 5) is 0. The first-order valence-electron chi connectivity index (χ1n) is 5.54. The van der Waals surface area contributed by atoms with Gasteiger partial charge in [0.05, 0.1) is 11.0 Å². The summed E-state index contributed by atoms with van der Waals surface area (Å²) in [5, 5.41) is 21.4. The van der Waals surface area contributed by atoms with E-state index in [1.165, 1.54) is 0 Å². The molecule has 3 aromatic rings. The molecule has 0 fully saturated rings. The Morgan fingerprint density at radius 3 is 2.59 bits per heavy atom. The van der Waals surface area contributed by atoms with Gasteiger partial charge < -0.3 is 14.8 Å². The first-order valence-corrected chi connectivity index (χ1v) is 5.54. The van der Waals surface area contributed by atoms with Gasteiger partial charge in [-0.1, -0.05) is 24.3 Å². The number of para-hydroxylation sites is 1. The lowest BCUT2D eigenvalue weighted by Crippen LogP contribution is -1.95. The number of hydrogen-bond acceptors (Lipinski definition) is 2. The molecule has 0 atom stereocenters. The zero-order valence-electron chi connectivity index (χ0n) is 9.51. The van der Waals surface area contributed by atoms with Crippen LogP contribution in [-0.4, -0.2) is 14.8 Å². The molecule has 0 bridgehead atoms. The smallest absolute Gasteiger partial charge is 0.128 e. The predicted molar refractivity (Wildman–Crippen MR) is 68.1 cm³/mol. The number of phenols is 1. The molecule has 3 heteroatoms. The van der Waals surface area contributed by atoms with Crippen molar-refractivity contribution in [2.75, 3.05) is 0 Å². The van der Waals surface area contributed by atoms with E-state index in [0.717, 1.165) is 27.4 Å². The molecule has 0 saturated heterocycles. The molecular weight excluding hydrogens is 214 g/mol. The number of benzene rings is 2. The fourth-order valence-corrected chi connectivity index (χ4v) is 2.38. The number of nitrogens with zero attached hydrogens (tertiary/aromatic N) is 1. The summed E-state index contributed by atoms with van der Waals surface area (Å²) >= 11 is 0. The molecule has 0 aliphatic rings. The van der Waals surface area contributed by atoms with Gasteiger partial charge in [0.1, 0.15) is 12.5 Å². The minimum Gasteiger partial charge on any atom is -0.507 e. The molecule has 86 valence electrons. The highest BCUT2D eigenvalue weighted by molar-refractivity contribution is 6.11. The number of fused-ring (bicyclic) bond motifs is 3. The van der Waals surface area contributed by atoms with Crippen molar-refractivity contribution in [2.24, 2.45) is 0 Å². The van der Waals surface area contributed by atoms with E-state index >= 15 is 0 Å². The highest BCUT2D eigenvalue weighted by atomic mass is 16.3. The molecule has 2 aromatic carbocycles. The third kappa shape index (κ3) is 1.26. The van der Waals surface area contributed by atoms with Gasteiger partial charge in [0.25, 0.3) is 0 Å². The van der Waals surface area contributed by atoms with Gasteiger partial charge in [-0.05, 0) is 24.6 Å². The molecule has 0 saturated carbocycles. The maximum atomic E-state index is 10.2. The van der Waals surface area contributed by atoms with Crippen LogP contribution in [0.25, 0.3) is 21.8 Å². The van der Waals surface area contributed by atoms with E-state index in [0.29, 0.717) is 5.75 Å². The van der Waals surface area contributed by atoms with E-state index in [2.05, 4.69) is 0 Å². The summed E-state index contributed by atoms with van der Waals surface area (Å²) in [6.45, 7) is 1.78. The average molecular weight is 227 g/mol. The Balaban J connectivity index is 2.64. The summed E-state index contributed by atoms with van der Waals surface area (Å²) in [6.07, 6.45) is 0. The standard InChI is InChI=1S/C14H13NO2/c1-9-6-7-12-13(14(9)17)10-4-2-3-5-11(10)15(12)8-16/h2-7,16-17H,8H2,1H3. The molecular formula is C14H13NO2. The highest BCUT2D eigenvalue weighted by Gasteiger charge is 2.13. The van der Waals surface area contributed by atoms with Crippen molar-refractivity contribution in [3.63, 3.8) is 0 Å². The summed E-state index contributed by atoms with van der Waals surface area (Å²) in [5.74, 6) is 0.297. The van der Waals surface area contributed by atoms with Crippen LogP contribution in [0, 0.1) is 6.92 Å². The first kappa shape index (κ1) is 10.2. The second kappa shape index (κ2) is 3.50. The zero-order valence-corrected chi connectivity index (χ0v) is 9.51. The Hall–Kier alpha value is -2.00. The van der Waals surface area contributed by atoms with Gasteiger partial charge in [-0.2, -0.15) is 0 Å². The van der Waals surface area contributed by atoms with E-state index in [-0.39, 0.29) is 6.73 Å². The normalized spacial score (nSPS) is 11.4. The number of aryl methyl sites for hydroxylation is 1. The first-order chi connectivity index (χ1) is 8.24. The topological polar surface area (TPSA) is 45.4 Å². The second-order valence-corrected chi connectivity index (χ2v) is 4.21. The van der Waals surface area contributed by atoms with Gasteiger partial charge in [-0.15, -0.1) is 0 Å². The molecule has 0 aliphatic carbocycles. The highest BCUT2D eigenvalue weighted by Crippen LogP contribution is 2.36. The number of aromatic hydroxyl groups is 1. The van der Waals surface area contributed by atoms with Gasteiger partial charge in [0, 0.05) is 10.8 Å². The van der Waals surface area contributed by atoms with Gasteiger partial charge >= 0.3 is 0 Å². The van der Waals surface area contributed by atoms with Crippen LogP contribution in [-0.2, 0) is 6.73 Å². The summed E-state index contributed by atoms with van der Waals surface area (Å²) < 4.78 is 1.80. The molecule has 0 unspecified atom stereocenters. The number of aliphatic hydroxyl groups excluding tert-OH is 1. The fraction of sp³-hybridized carbons (Fsp3) is 0.143. The summed E-state index contributed by atoms with van der Waals surface area (Å²) in [5.41, 5.74) is 2.64. The van der Waals surface area contributed by atoms with Crippen molar-refractivity contribution in [3.05, 3.63) is 42.0 Å². The summed E-state index contributed by atoms with van der Waals surface area (Å²) in [6, 6.07) is 11.6. The van der Waals surface area contributed by atoms with Crippen molar-refractivity contribution in [1.29, 1.82) is 0 Å². The maximum absolute atomic E-state index is 10.2. The SMILES string of the molecule is Cc1ccc2c(c1O)c1ccccc1n2CO. The zero-order chi connectivity index (χ0) is 12.0. The molecule has 17 heavy (non-hydrogen) atoms. The van der Waals surface area contributed by atoms with Crippen molar-refractivity contribution < 1.29 is 10.2 Å². The lowest BCUT2D eigenvalue weighted by atomic mass is 10.1. The molecule has 0 spiro atoms. The van der Waals surface area contributed by atoms with Crippen molar-refractivity contribution in [1.82, 2.24) is 4.57 Å². The Kier molecular flexibility index (Phi) is 2.09. The molecule has 3 rings (SSSR count). The Labute approximate surface area is 98.5 Å². The van der Waals surface area contributed by atoms with Crippen molar-refractivity contribution in [2.45, 2.75) is 13.7 Å². The quantitative estimate of drug-likeness (QED) is 0.671. The van der Waals surface area contributed by atoms with Gasteiger partial charge in [-0.25, -0.2) is 0 Å². The van der Waals surface area contributed by atoms with Crippen LogP contribution in [0.2, 0.25) is 0 Å². The third-order valence-electron chi connectivity index (χ3n) is 3.25. The lowest BCUT2D eigenvalue weighted by Gasteiger charge is -2.03. The molecule has 3 nitrogen and oxygen atoms in total. The molecule has 0 aliphatic heterocycles. The summed E-state index contributed by atoms with van der Waals surface area (Å²) in [7, 11) is 0. The molecule has 1 heterocycles. The minimum absolute atomic E-state index is 0.0908. The Morgan fingerprint density at radius 2 is 1.82 bits per heavy atom. The van der Waals surface area contributed by atoms with Crippen LogP contribution in [0.5, 0.6) is 5.75 Å². The van der Waals surface area contributed by atoms with Crippen LogP contribution in [0.15, 0.2) is 36.4 Å². The number of hydrogen-bond donors (Lipinski definition) is 2. The van der Waals surface area contributed by atoms with E-state index in [4.69, 9.17) is 0 Å². The lowest BCUT2D eigenvalue weighted by molar-refractivity contribution is 0.220. The van der Waals surface area contributed by atoms with E-state index in [1.807, 2.05) is 43.3 Å². The van der Waals surface area contributed by atoms with E-state index < -0.39 is 0 Å². The Bertz CT molecular complexity index is 713. The van der Waals surface area contributed by atoms with Crippen LogP contribution in [0.4, 0.5) is 0 Å². The van der Waals surface area contributed by atoms with Gasteiger partial charge in [0.15, 0.2) is 0 Å². The molecule has 0 amide bonds. The van der Waals surface area contributed by atoms with Gasteiger partial charge in [-0.3, -0.25) is 0 Å².